The van der Waals surface area contributed by atoms with Gasteiger partial charge in [0.2, 0.25) is 0 Å². The van der Waals surface area contributed by atoms with Crippen LogP contribution in [0.15, 0.2) is 34.9 Å². The SMILES string of the molecule is CC1=C(CC(C)C)C(=O)CC(C)(C)C1(O)/C=C/C(C)=C\C(=O)O. The monoisotopic (exact) mass is 320 g/mol. The summed E-state index contributed by atoms with van der Waals surface area (Å²) < 4.78 is 0. The normalized spacial score (nSPS) is 25.6. The van der Waals surface area contributed by atoms with Crippen molar-refractivity contribution in [3.63, 3.8) is 0 Å². The van der Waals surface area contributed by atoms with Gasteiger partial charge in [0.15, 0.2) is 5.78 Å². The van der Waals surface area contributed by atoms with Gasteiger partial charge in [-0.1, -0.05) is 33.8 Å². The average Bonchev–Trinajstić information content (AvgIpc) is 2.38. The van der Waals surface area contributed by atoms with Crippen LogP contribution in [0.1, 0.15) is 54.4 Å². The van der Waals surface area contributed by atoms with Crippen molar-refractivity contribution in [2.45, 2.75) is 60.0 Å². The minimum atomic E-state index is -1.27. The molecule has 23 heavy (non-hydrogen) atoms. The summed E-state index contributed by atoms with van der Waals surface area (Å²) in [6, 6.07) is 0. The number of hydrogen-bond donors (Lipinski definition) is 2. The number of carbonyl (C=O) groups excluding carboxylic acids is 1. The Bertz CT molecular complexity index is 590. The highest BCUT2D eigenvalue weighted by molar-refractivity contribution is 5.98. The fourth-order valence-electron chi connectivity index (χ4n) is 3.11. The van der Waals surface area contributed by atoms with Gasteiger partial charge in [-0.05, 0) is 49.0 Å². The van der Waals surface area contributed by atoms with Crippen LogP contribution in [0.25, 0.3) is 0 Å². The fourth-order valence-corrected chi connectivity index (χ4v) is 3.11. The Hall–Kier alpha value is -1.68. The van der Waals surface area contributed by atoms with Gasteiger partial charge in [0.1, 0.15) is 5.60 Å². The van der Waals surface area contributed by atoms with E-state index in [2.05, 4.69) is 0 Å². The fraction of sp³-hybridized carbons (Fsp3) is 0.579. The summed E-state index contributed by atoms with van der Waals surface area (Å²) in [6.07, 6.45) is 5.25. The molecule has 0 heterocycles. The molecule has 0 radical (unpaired) electrons. The molecular formula is C19H28O4. The van der Waals surface area contributed by atoms with E-state index in [0.717, 1.165) is 6.08 Å². The van der Waals surface area contributed by atoms with Gasteiger partial charge in [-0.25, -0.2) is 4.79 Å². The van der Waals surface area contributed by atoms with Gasteiger partial charge in [-0.15, -0.1) is 0 Å². The second kappa shape index (κ2) is 6.83. The molecule has 4 heteroatoms. The number of rotatable bonds is 5. The number of hydrogen-bond acceptors (Lipinski definition) is 3. The van der Waals surface area contributed by atoms with E-state index in [1.807, 2.05) is 27.7 Å². The third-order valence-corrected chi connectivity index (χ3v) is 4.55. The second-order valence-corrected chi connectivity index (χ2v) is 7.51. The average molecular weight is 320 g/mol. The maximum Gasteiger partial charge on any atom is 0.328 e. The third-order valence-electron chi connectivity index (χ3n) is 4.55. The van der Waals surface area contributed by atoms with Crippen LogP contribution in [0.5, 0.6) is 0 Å². The first-order valence-corrected chi connectivity index (χ1v) is 7.97. The summed E-state index contributed by atoms with van der Waals surface area (Å²) in [6.45, 7) is 11.3. The number of ketones is 1. The van der Waals surface area contributed by atoms with Crippen LogP contribution in [-0.2, 0) is 9.59 Å². The van der Waals surface area contributed by atoms with Crippen molar-refractivity contribution in [3.8, 4) is 0 Å². The molecule has 1 unspecified atom stereocenters. The number of aliphatic carboxylic acids is 1. The Labute approximate surface area is 138 Å². The summed E-state index contributed by atoms with van der Waals surface area (Å²) in [5, 5.41) is 20.1. The highest BCUT2D eigenvalue weighted by Crippen LogP contribution is 2.47. The zero-order valence-corrected chi connectivity index (χ0v) is 14.9. The maximum atomic E-state index is 12.4. The third kappa shape index (κ3) is 4.20. The van der Waals surface area contributed by atoms with Crippen molar-refractivity contribution in [2.24, 2.45) is 11.3 Å². The van der Waals surface area contributed by atoms with Gasteiger partial charge in [0.05, 0.1) is 0 Å². The molecule has 0 bridgehead atoms. The van der Waals surface area contributed by atoms with Crippen molar-refractivity contribution in [1.82, 2.24) is 0 Å². The largest absolute Gasteiger partial charge is 0.478 e. The molecule has 0 aromatic carbocycles. The molecule has 1 aliphatic carbocycles. The van der Waals surface area contributed by atoms with E-state index in [-0.39, 0.29) is 12.2 Å². The van der Waals surface area contributed by atoms with E-state index >= 15 is 0 Å². The first-order chi connectivity index (χ1) is 10.4. The lowest BCUT2D eigenvalue weighted by molar-refractivity contribution is -0.131. The topological polar surface area (TPSA) is 74.6 Å². The predicted molar refractivity (Wildman–Crippen MR) is 91.0 cm³/mol. The Kier molecular flexibility index (Phi) is 5.75. The summed E-state index contributed by atoms with van der Waals surface area (Å²) in [4.78, 5) is 23.2. The van der Waals surface area contributed by atoms with Crippen LogP contribution in [0, 0.1) is 11.3 Å². The minimum Gasteiger partial charge on any atom is -0.478 e. The van der Waals surface area contributed by atoms with Crippen molar-refractivity contribution in [1.29, 1.82) is 0 Å². The van der Waals surface area contributed by atoms with Gasteiger partial charge in [-0.3, -0.25) is 4.79 Å². The molecule has 0 spiro atoms. The smallest absolute Gasteiger partial charge is 0.328 e. The molecular weight excluding hydrogens is 292 g/mol. The van der Waals surface area contributed by atoms with Crippen LogP contribution >= 0.6 is 0 Å². The Morgan fingerprint density at radius 3 is 2.39 bits per heavy atom. The van der Waals surface area contributed by atoms with Crippen LogP contribution in [-0.4, -0.2) is 27.6 Å². The first-order valence-electron chi connectivity index (χ1n) is 7.97. The molecule has 0 saturated carbocycles. The number of allylic oxidation sites excluding steroid dienone is 3. The molecule has 0 aromatic rings. The predicted octanol–water partition coefficient (Wildman–Crippen LogP) is 3.67. The highest BCUT2D eigenvalue weighted by atomic mass is 16.4. The minimum absolute atomic E-state index is 0.0945. The van der Waals surface area contributed by atoms with E-state index in [1.54, 1.807) is 26.0 Å². The lowest BCUT2D eigenvalue weighted by Crippen LogP contribution is -2.49. The molecule has 0 fully saturated rings. The van der Waals surface area contributed by atoms with Gasteiger partial charge in [0, 0.05) is 17.9 Å². The molecule has 0 aliphatic heterocycles. The maximum absolute atomic E-state index is 12.4. The molecule has 4 nitrogen and oxygen atoms in total. The molecule has 1 aliphatic rings. The van der Waals surface area contributed by atoms with Crippen LogP contribution in [0.2, 0.25) is 0 Å². The van der Waals surface area contributed by atoms with Crippen molar-refractivity contribution in [2.75, 3.05) is 0 Å². The van der Waals surface area contributed by atoms with E-state index in [4.69, 9.17) is 5.11 Å². The number of aliphatic hydroxyl groups is 1. The van der Waals surface area contributed by atoms with Crippen LogP contribution in [0.3, 0.4) is 0 Å². The standard InChI is InChI=1S/C19H28O4/c1-12(2)9-15-14(4)19(23,18(5,6)11-16(15)20)8-7-13(3)10-17(21)22/h7-8,10,12,23H,9,11H2,1-6H3,(H,21,22)/b8-7+,13-10-. The lowest BCUT2D eigenvalue weighted by Gasteiger charge is -2.46. The summed E-state index contributed by atoms with van der Waals surface area (Å²) in [5.41, 5.74) is 0.00270. The molecule has 0 aromatic heterocycles. The summed E-state index contributed by atoms with van der Waals surface area (Å²) in [5.74, 6) is -0.603. The van der Waals surface area contributed by atoms with E-state index in [9.17, 15) is 14.7 Å². The highest BCUT2D eigenvalue weighted by Gasteiger charge is 2.49. The number of carbonyl (C=O) groups is 2. The van der Waals surface area contributed by atoms with E-state index in [0.29, 0.717) is 29.1 Å². The van der Waals surface area contributed by atoms with Gasteiger partial charge in [-0.2, -0.15) is 0 Å². The summed E-state index contributed by atoms with van der Waals surface area (Å²) >= 11 is 0. The van der Waals surface area contributed by atoms with Crippen LogP contribution in [0.4, 0.5) is 0 Å². The van der Waals surface area contributed by atoms with Gasteiger partial charge < -0.3 is 10.2 Å². The lowest BCUT2D eigenvalue weighted by atomic mass is 9.61. The molecule has 1 rings (SSSR count). The van der Waals surface area contributed by atoms with E-state index in [1.165, 1.54) is 0 Å². The number of carboxylic acid groups (broad SMARTS) is 1. The van der Waals surface area contributed by atoms with E-state index < -0.39 is 17.0 Å². The first kappa shape index (κ1) is 19.4. The zero-order valence-electron chi connectivity index (χ0n) is 14.9. The van der Waals surface area contributed by atoms with Crippen molar-refractivity contribution >= 4 is 11.8 Å². The van der Waals surface area contributed by atoms with Gasteiger partial charge >= 0.3 is 5.97 Å². The molecule has 1 atom stereocenters. The van der Waals surface area contributed by atoms with Crippen molar-refractivity contribution < 1.29 is 19.8 Å². The Balaban J connectivity index is 3.37. The van der Waals surface area contributed by atoms with Crippen LogP contribution < -0.4 is 0 Å². The van der Waals surface area contributed by atoms with Crippen molar-refractivity contribution in [3.05, 3.63) is 34.9 Å². The Morgan fingerprint density at radius 1 is 1.35 bits per heavy atom. The molecule has 0 saturated heterocycles. The number of carboxylic acids is 1. The number of Topliss-reactive ketones (excluding diaryl/α,β-unsaturated/α-hetero) is 1. The Morgan fingerprint density at radius 2 is 1.91 bits per heavy atom. The zero-order chi connectivity index (χ0) is 18.0. The second-order valence-electron chi connectivity index (χ2n) is 7.51. The quantitative estimate of drug-likeness (QED) is 0.599. The molecule has 2 N–H and O–H groups in total. The molecule has 128 valence electrons. The van der Waals surface area contributed by atoms with Gasteiger partial charge in [0.25, 0.3) is 0 Å². The summed E-state index contributed by atoms with van der Waals surface area (Å²) in [7, 11) is 0. The molecule has 0 amide bonds.